The zero-order valence-electron chi connectivity index (χ0n) is 13.4. The molecule has 0 radical (unpaired) electrons. The van der Waals surface area contributed by atoms with Crippen LogP contribution in [0.2, 0.25) is 0 Å². The SMILES string of the molecule is C=C(C)CN=C(NCCCNC(C)=O)NCCc1ccco1. The number of rotatable bonds is 9. The van der Waals surface area contributed by atoms with Crippen molar-refractivity contribution >= 4 is 11.9 Å². The number of nitrogens with one attached hydrogen (secondary N) is 3. The zero-order valence-corrected chi connectivity index (χ0v) is 13.4. The molecule has 0 aromatic carbocycles. The van der Waals surface area contributed by atoms with E-state index in [0.717, 1.165) is 43.2 Å². The summed E-state index contributed by atoms with van der Waals surface area (Å²) in [4.78, 5) is 15.2. The molecule has 0 unspecified atom stereocenters. The van der Waals surface area contributed by atoms with Crippen molar-refractivity contribution in [1.82, 2.24) is 16.0 Å². The number of hydrogen-bond acceptors (Lipinski definition) is 3. The predicted molar refractivity (Wildman–Crippen MR) is 88.8 cm³/mol. The molecule has 0 atom stereocenters. The van der Waals surface area contributed by atoms with E-state index in [9.17, 15) is 4.79 Å². The van der Waals surface area contributed by atoms with Gasteiger partial charge in [0.25, 0.3) is 0 Å². The lowest BCUT2D eigenvalue weighted by Crippen LogP contribution is -2.39. The van der Waals surface area contributed by atoms with Crippen LogP contribution in [-0.2, 0) is 11.2 Å². The van der Waals surface area contributed by atoms with Gasteiger partial charge in [-0.2, -0.15) is 0 Å². The third-order valence-corrected chi connectivity index (χ3v) is 2.77. The normalized spacial score (nSPS) is 11.1. The second-order valence-corrected chi connectivity index (χ2v) is 5.14. The van der Waals surface area contributed by atoms with Crippen LogP contribution in [0.15, 0.2) is 40.0 Å². The van der Waals surface area contributed by atoms with Gasteiger partial charge in [0.1, 0.15) is 5.76 Å². The maximum atomic E-state index is 10.8. The average molecular weight is 306 g/mol. The minimum atomic E-state index is -0.00672. The predicted octanol–water partition coefficient (Wildman–Crippen LogP) is 1.46. The summed E-state index contributed by atoms with van der Waals surface area (Å²) in [6.45, 7) is 10.0. The lowest BCUT2D eigenvalue weighted by atomic mass is 10.3. The average Bonchev–Trinajstić information content (AvgIpc) is 2.96. The van der Waals surface area contributed by atoms with Gasteiger partial charge in [-0.15, -0.1) is 0 Å². The van der Waals surface area contributed by atoms with Crippen molar-refractivity contribution in [3.63, 3.8) is 0 Å². The van der Waals surface area contributed by atoms with Crippen molar-refractivity contribution in [2.75, 3.05) is 26.2 Å². The molecule has 0 saturated carbocycles. The molecule has 6 nitrogen and oxygen atoms in total. The topological polar surface area (TPSA) is 78.7 Å². The van der Waals surface area contributed by atoms with Gasteiger partial charge in [-0.3, -0.25) is 4.79 Å². The van der Waals surface area contributed by atoms with Gasteiger partial charge in [-0.25, -0.2) is 4.99 Å². The van der Waals surface area contributed by atoms with Crippen LogP contribution >= 0.6 is 0 Å². The number of hydrogen-bond donors (Lipinski definition) is 3. The molecule has 1 aromatic rings. The van der Waals surface area contributed by atoms with E-state index in [1.165, 1.54) is 6.92 Å². The minimum Gasteiger partial charge on any atom is -0.469 e. The minimum absolute atomic E-state index is 0.00672. The first-order valence-corrected chi connectivity index (χ1v) is 7.51. The van der Waals surface area contributed by atoms with Gasteiger partial charge in [-0.05, 0) is 25.5 Å². The lowest BCUT2D eigenvalue weighted by molar-refractivity contribution is -0.118. The van der Waals surface area contributed by atoms with Crippen molar-refractivity contribution in [2.24, 2.45) is 4.99 Å². The molecular weight excluding hydrogens is 280 g/mol. The zero-order chi connectivity index (χ0) is 16.2. The highest BCUT2D eigenvalue weighted by Gasteiger charge is 2.00. The van der Waals surface area contributed by atoms with Gasteiger partial charge in [0, 0.05) is 33.0 Å². The summed E-state index contributed by atoms with van der Waals surface area (Å²) in [6.07, 6.45) is 3.31. The Morgan fingerprint density at radius 1 is 1.23 bits per heavy atom. The molecule has 0 saturated heterocycles. The standard InChI is InChI=1S/C16H26N4O2/c1-13(2)12-20-16(18-9-5-8-17-14(3)21)19-10-7-15-6-4-11-22-15/h4,6,11H,1,5,7-10,12H2,2-3H3,(H,17,21)(H2,18,19,20). The number of guanidine groups is 1. The second kappa shape index (κ2) is 10.5. The molecule has 1 rings (SSSR count). The fourth-order valence-corrected chi connectivity index (χ4v) is 1.71. The number of furan rings is 1. The Morgan fingerprint density at radius 3 is 2.59 bits per heavy atom. The van der Waals surface area contributed by atoms with Gasteiger partial charge in [0.2, 0.25) is 5.91 Å². The van der Waals surface area contributed by atoms with Crippen LogP contribution in [0.3, 0.4) is 0 Å². The Balaban J connectivity index is 2.30. The van der Waals surface area contributed by atoms with E-state index in [0.29, 0.717) is 13.1 Å². The number of carbonyl (C=O) groups is 1. The highest BCUT2D eigenvalue weighted by molar-refractivity contribution is 5.79. The van der Waals surface area contributed by atoms with Crippen LogP contribution in [0.5, 0.6) is 0 Å². The van der Waals surface area contributed by atoms with Crippen LogP contribution in [0, 0.1) is 0 Å². The molecule has 1 heterocycles. The van der Waals surface area contributed by atoms with E-state index in [2.05, 4.69) is 27.5 Å². The molecule has 6 heteroatoms. The van der Waals surface area contributed by atoms with E-state index < -0.39 is 0 Å². The van der Waals surface area contributed by atoms with Gasteiger partial charge in [-0.1, -0.05) is 12.2 Å². The fraction of sp³-hybridized carbons (Fsp3) is 0.500. The van der Waals surface area contributed by atoms with Crippen LogP contribution in [-0.4, -0.2) is 38.0 Å². The summed E-state index contributed by atoms with van der Waals surface area (Å²) >= 11 is 0. The molecule has 0 aliphatic heterocycles. The maximum Gasteiger partial charge on any atom is 0.216 e. The van der Waals surface area contributed by atoms with Crippen LogP contribution in [0.25, 0.3) is 0 Å². The Morgan fingerprint density at radius 2 is 1.95 bits per heavy atom. The van der Waals surface area contributed by atoms with E-state index in [4.69, 9.17) is 4.42 Å². The number of nitrogens with zero attached hydrogens (tertiary/aromatic N) is 1. The first kappa shape index (κ1) is 17.8. The Bertz CT molecular complexity index is 480. The van der Waals surface area contributed by atoms with E-state index in [1.54, 1.807) is 6.26 Å². The molecule has 0 fully saturated rings. The molecular formula is C16H26N4O2. The summed E-state index contributed by atoms with van der Waals surface area (Å²) < 4.78 is 5.29. The quantitative estimate of drug-likeness (QED) is 0.279. The highest BCUT2D eigenvalue weighted by atomic mass is 16.3. The Kier molecular flexibility index (Phi) is 8.49. The van der Waals surface area contributed by atoms with Crippen molar-refractivity contribution in [3.8, 4) is 0 Å². The Hall–Kier alpha value is -2.24. The fourth-order valence-electron chi connectivity index (χ4n) is 1.71. The molecule has 22 heavy (non-hydrogen) atoms. The maximum absolute atomic E-state index is 10.8. The molecule has 3 N–H and O–H groups in total. The van der Waals surface area contributed by atoms with Crippen molar-refractivity contribution in [1.29, 1.82) is 0 Å². The molecule has 0 bridgehead atoms. The lowest BCUT2D eigenvalue weighted by Gasteiger charge is -2.12. The van der Waals surface area contributed by atoms with Gasteiger partial charge in [0.05, 0.1) is 12.8 Å². The summed E-state index contributed by atoms with van der Waals surface area (Å²) in [5, 5.41) is 9.27. The van der Waals surface area contributed by atoms with E-state index >= 15 is 0 Å². The summed E-state index contributed by atoms with van der Waals surface area (Å²) in [6, 6.07) is 3.83. The Labute approximate surface area is 132 Å². The van der Waals surface area contributed by atoms with Crippen LogP contribution in [0.4, 0.5) is 0 Å². The molecule has 122 valence electrons. The smallest absolute Gasteiger partial charge is 0.216 e. The molecule has 0 spiro atoms. The number of aliphatic imine (C=N–C) groups is 1. The first-order chi connectivity index (χ1) is 10.6. The van der Waals surface area contributed by atoms with Crippen LogP contribution in [0.1, 0.15) is 26.0 Å². The highest BCUT2D eigenvalue weighted by Crippen LogP contribution is 1.99. The summed E-state index contributed by atoms with van der Waals surface area (Å²) in [5.74, 6) is 1.68. The molecule has 1 amide bonds. The van der Waals surface area contributed by atoms with Crippen molar-refractivity contribution in [2.45, 2.75) is 26.7 Å². The summed E-state index contributed by atoms with van der Waals surface area (Å²) in [5.41, 5.74) is 1.00. The second-order valence-electron chi connectivity index (χ2n) is 5.14. The molecule has 0 aliphatic carbocycles. The van der Waals surface area contributed by atoms with Gasteiger partial charge in [0.15, 0.2) is 5.96 Å². The largest absolute Gasteiger partial charge is 0.469 e. The first-order valence-electron chi connectivity index (χ1n) is 7.51. The van der Waals surface area contributed by atoms with Crippen LogP contribution < -0.4 is 16.0 Å². The van der Waals surface area contributed by atoms with Gasteiger partial charge < -0.3 is 20.4 Å². The molecule has 0 aliphatic rings. The van der Waals surface area contributed by atoms with Crippen molar-refractivity contribution in [3.05, 3.63) is 36.3 Å². The molecule has 1 aromatic heterocycles. The van der Waals surface area contributed by atoms with Gasteiger partial charge >= 0.3 is 0 Å². The monoisotopic (exact) mass is 306 g/mol. The third kappa shape index (κ3) is 8.84. The number of amides is 1. The van der Waals surface area contributed by atoms with E-state index in [-0.39, 0.29) is 5.91 Å². The van der Waals surface area contributed by atoms with E-state index in [1.807, 2.05) is 19.1 Å². The summed E-state index contributed by atoms with van der Waals surface area (Å²) in [7, 11) is 0. The number of carbonyl (C=O) groups excluding carboxylic acids is 1. The third-order valence-electron chi connectivity index (χ3n) is 2.77. The van der Waals surface area contributed by atoms with Crippen molar-refractivity contribution < 1.29 is 9.21 Å².